The van der Waals surface area contributed by atoms with Crippen molar-refractivity contribution < 1.29 is 9.18 Å². The lowest BCUT2D eigenvalue weighted by atomic mass is 10.3. The van der Waals surface area contributed by atoms with E-state index in [0.29, 0.717) is 10.9 Å². The summed E-state index contributed by atoms with van der Waals surface area (Å²) in [5.41, 5.74) is 0.373. The highest BCUT2D eigenvalue weighted by Crippen LogP contribution is 2.22. The third kappa shape index (κ3) is 3.19. The first-order chi connectivity index (χ1) is 11.0. The van der Waals surface area contributed by atoms with Crippen LogP contribution in [0.1, 0.15) is 0 Å². The average molecular weight is 333 g/mol. The van der Waals surface area contributed by atoms with E-state index in [1.807, 2.05) is 0 Å². The highest BCUT2D eigenvalue weighted by molar-refractivity contribution is 6.33. The number of hydrogen-bond donors (Lipinski definition) is 1. The number of pyridine rings is 1. The number of amides is 1. The van der Waals surface area contributed by atoms with E-state index in [1.54, 1.807) is 0 Å². The van der Waals surface area contributed by atoms with Crippen LogP contribution < -0.4 is 10.9 Å². The van der Waals surface area contributed by atoms with Crippen LogP contribution in [0.5, 0.6) is 0 Å². The maximum atomic E-state index is 13.0. The van der Waals surface area contributed by atoms with E-state index in [2.05, 4.69) is 15.3 Å². The zero-order valence-corrected chi connectivity index (χ0v) is 12.4. The van der Waals surface area contributed by atoms with E-state index in [0.717, 1.165) is 6.07 Å². The zero-order valence-electron chi connectivity index (χ0n) is 11.7. The Hall–Kier alpha value is -2.80. The average Bonchev–Trinajstić information content (AvgIpc) is 2.53. The van der Waals surface area contributed by atoms with E-state index >= 15 is 0 Å². The SMILES string of the molecule is O=C(Cn1cnc2cnccc2c1=O)Nc1ccc(F)cc1Cl. The Morgan fingerprint density at radius 1 is 1.35 bits per heavy atom. The summed E-state index contributed by atoms with van der Waals surface area (Å²) in [6, 6.07) is 5.16. The number of carbonyl (C=O) groups is 1. The van der Waals surface area contributed by atoms with Crippen molar-refractivity contribution in [3.63, 3.8) is 0 Å². The molecule has 3 rings (SSSR count). The number of nitrogens with one attached hydrogen (secondary N) is 1. The van der Waals surface area contributed by atoms with Gasteiger partial charge in [0.25, 0.3) is 5.56 Å². The molecule has 0 spiro atoms. The second kappa shape index (κ2) is 6.13. The highest BCUT2D eigenvalue weighted by Gasteiger charge is 2.10. The predicted molar refractivity (Wildman–Crippen MR) is 83.8 cm³/mol. The van der Waals surface area contributed by atoms with E-state index < -0.39 is 11.7 Å². The molecule has 116 valence electrons. The van der Waals surface area contributed by atoms with Crippen molar-refractivity contribution in [2.75, 3.05) is 5.32 Å². The van der Waals surface area contributed by atoms with Crippen LogP contribution in [0, 0.1) is 5.82 Å². The molecule has 2 heterocycles. The Balaban J connectivity index is 1.83. The molecule has 0 bridgehead atoms. The maximum Gasteiger partial charge on any atom is 0.261 e. The molecule has 23 heavy (non-hydrogen) atoms. The molecule has 3 aromatic rings. The van der Waals surface area contributed by atoms with E-state index in [1.165, 1.54) is 41.5 Å². The van der Waals surface area contributed by atoms with Crippen LogP contribution in [-0.2, 0) is 11.3 Å². The fourth-order valence-corrected chi connectivity index (χ4v) is 2.27. The number of benzene rings is 1. The highest BCUT2D eigenvalue weighted by atomic mass is 35.5. The van der Waals surface area contributed by atoms with Gasteiger partial charge >= 0.3 is 0 Å². The number of nitrogens with zero attached hydrogens (tertiary/aromatic N) is 3. The molecule has 1 N–H and O–H groups in total. The summed E-state index contributed by atoms with van der Waals surface area (Å²) in [5.74, 6) is -0.979. The van der Waals surface area contributed by atoms with Gasteiger partial charge in [-0.1, -0.05) is 11.6 Å². The minimum absolute atomic E-state index is 0.0772. The molecule has 0 aliphatic heterocycles. The van der Waals surface area contributed by atoms with Gasteiger partial charge in [-0.25, -0.2) is 9.37 Å². The molecule has 0 aliphatic carbocycles. The van der Waals surface area contributed by atoms with Crippen molar-refractivity contribution in [2.24, 2.45) is 0 Å². The third-order valence-corrected chi connectivity index (χ3v) is 3.46. The lowest BCUT2D eigenvalue weighted by Gasteiger charge is -2.09. The quantitative estimate of drug-likeness (QED) is 0.798. The van der Waals surface area contributed by atoms with Crippen LogP contribution in [-0.4, -0.2) is 20.4 Å². The van der Waals surface area contributed by atoms with Crippen molar-refractivity contribution in [1.82, 2.24) is 14.5 Å². The Bertz CT molecular complexity index is 958. The lowest BCUT2D eigenvalue weighted by Crippen LogP contribution is -2.28. The molecule has 2 aromatic heterocycles. The number of rotatable bonds is 3. The normalized spacial score (nSPS) is 10.7. The largest absolute Gasteiger partial charge is 0.323 e. The number of anilines is 1. The molecule has 0 saturated carbocycles. The van der Waals surface area contributed by atoms with Crippen LogP contribution in [0.25, 0.3) is 10.9 Å². The van der Waals surface area contributed by atoms with Gasteiger partial charge in [-0.2, -0.15) is 0 Å². The van der Waals surface area contributed by atoms with Crippen LogP contribution in [0.4, 0.5) is 10.1 Å². The molecule has 8 heteroatoms. The standard InChI is InChI=1S/C15H10ClFN4O2/c16-11-5-9(17)1-2-12(11)20-14(22)7-21-8-19-13-6-18-4-3-10(13)15(21)23/h1-6,8H,7H2,(H,20,22). The van der Waals surface area contributed by atoms with E-state index in [9.17, 15) is 14.0 Å². The monoisotopic (exact) mass is 332 g/mol. The molecule has 1 amide bonds. The number of carbonyl (C=O) groups excluding carboxylic acids is 1. The summed E-state index contributed by atoms with van der Waals surface area (Å²) < 4.78 is 14.2. The smallest absolute Gasteiger partial charge is 0.261 e. The molecule has 0 atom stereocenters. The van der Waals surface area contributed by atoms with Gasteiger partial charge in [-0.15, -0.1) is 0 Å². The van der Waals surface area contributed by atoms with E-state index in [4.69, 9.17) is 11.6 Å². The van der Waals surface area contributed by atoms with Gasteiger partial charge in [0, 0.05) is 6.20 Å². The lowest BCUT2D eigenvalue weighted by molar-refractivity contribution is -0.116. The number of hydrogen-bond acceptors (Lipinski definition) is 4. The summed E-state index contributed by atoms with van der Waals surface area (Å²) in [6.45, 7) is -0.238. The van der Waals surface area contributed by atoms with Crippen LogP contribution >= 0.6 is 11.6 Å². The number of fused-ring (bicyclic) bond motifs is 1. The first-order valence-corrected chi connectivity index (χ1v) is 6.96. The van der Waals surface area contributed by atoms with Crippen LogP contribution in [0.15, 0.2) is 47.8 Å². The molecule has 6 nitrogen and oxygen atoms in total. The van der Waals surface area contributed by atoms with E-state index in [-0.39, 0.29) is 22.8 Å². The topological polar surface area (TPSA) is 76.9 Å². The van der Waals surface area contributed by atoms with Crippen molar-refractivity contribution in [3.8, 4) is 0 Å². The van der Waals surface area contributed by atoms with Crippen molar-refractivity contribution >= 4 is 34.1 Å². The van der Waals surface area contributed by atoms with Gasteiger partial charge in [-0.3, -0.25) is 19.1 Å². The summed E-state index contributed by atoms with van der Waals surface area (Å²) in [5, 5.41) is 2.97. The molecular formula is C15H10ClFN4O2. The first kappa shape index (κ1) is 15.1. The van der Waals surface area contributed by atoms with Crippen LogP contribution in [0.3, 0.4) is 0 Å². The fraction of sp³-hybridized carbons (Fsp3) is 0.0667. The zero-order chi connectivity index (χ0) is 16.4. The van der Waals surface area contributed by atoms with Gasteiger partial charge < -0.3 is 5.32 Å². The van der Waals surface area contributed by atoms with Gasteiger partial charge in [0.2, 0.25) is 5.91 Å². The second-order valence-corrected chi connectivity index (χ2v) is 5.15. The fourth-order valence-electron chi connectivity index (χ4n) is 2.06. The summed E-state index contributed by atoms with van der Waals surface area (Å²) in [7, 11) is 0. The molecule has 0 saturated heterocycles. The first-order valence-electron chi connectivity index (χ1n) is 6.58. The molecule has 1 aromatic carbocycles. The minimum Gasteiger partial charge on any atom is -0.323 e. The molecular weight excluding hydrogens is 323 g/mol. The Morgan fingerprint density at radius 2 is 2.17 bits per heavy atom. The van der Waals surface area contributed by atoms with Gasteiger partial charge in [0.15, 0.2) is 0 Å². The van der Waals surface area contributed by atoms with Crippen molar-refractivity contribution in [2.45, 2.75) is 6.54 Å². The Labute approximate surface area is 134 Å². The van der Waals surface area contributed by atoms with Gasteiger partial charge in [0.05, 0.1) is 34.1 Å². The third-order valence-electron chi connectivity index (χ3n) is 3.15. The summed E-state index contributed by atoms with van der Waals surface area (Å²) in [4.78, 5) is 32.3. The Kier molecular flexibility index (Phi) is 4.03. The molecule has 0 aliphatic rings. The van der Waals surface area contributed by atoms with Gasteiger partial charge in [0.1, 0.15) is 12.4 Å². The summed E-state index contributed by atoms with van der Waals surface area (Å²) in [6.07, 6.45) is 4.23. The van der Waals surface area contributed by atoms with Crippen molar-refractivity contribution in [3.05, 3.63) is 64.2 Å². The second-order valence-electron chi connectivity index (χ2n) is 4.74. The minimum atomic E-state index is -0.503. The molecule has 0 radical (unpaired) electrons. The van der Waals surface area contributed by atoms with Crippen LogP contribution in [0.2, 0.25) is 5.02 Å². The number of halogens is 2. The van der Waals surface area contributed by atoms with Gasteiger partial charge in [-0.05, 0) is 24.3 Å². The molecule has 0 fully saturated rings. The predicted octanol–water partition coefficient (Wildman–Crippen LogP) is 2.22. The number of aromatic nitrogens is 3. The Morgan fingerprint density at radius 3 is 2.96 bits per heavy atom. The summed E-state index contributed by atoms with van der Waals surface area (Å²) >= 11 is 5.84. The maximum absolute atomic E-state index is 13.0. The molecule has 0 unspecified atom stereocenters. The van der Waals surface area contributed by atoms with Crippen molar-refractivity contribution in [1.29, 1.82) is 0 Å².